The standard InChI is InChI=1S/C51H98O9/c1-4-7-10-13-16-19-22-25-28-31-34-37-40-43-47(52)58-46-50(51(55,56)57,59-48(53)44-41-38-35-32-29-26-23-20-17-14-11-8-5-2)60-49(54)45-42-39-36-33-30-27-24-21-18-15-12-9-6-3/h55-57H,4-46H2,1-3H3. The molecule has 0 rings (SSSR count). The molecule has 9 heteroatoms. The molecule has 0 saturated carbocycles. The Morgan fingerprint density at radius 1 is 0.317 bits per heavy atom. The first-order valence-electron chi connectivity index (χ1n) is 25.9. The van der Waals surface area contributed by atoms with Crippen molar-refractivity contribution in [2.45, 2.75) is 302 Å². The number of ether oxygens (including phenoxy) is 3. The molecule has 0 amide bonds. The molecule has 0 heterocycles. The van der Waals surface area contributed by atoms with Crippen LogP contribution in [0, 0.1) is 0 Å². The molecule has 0 aliphatic heterocycles. The molecule has 0 aromatic heterocycles. The van der Waals surface area contributed by atoms with Gasteiger partial charge in [-0.1, -0.05) is 252 Å². The van der Waals surface area contributed by atoms with Crippen LogP contribution in [-0.2, 0) is 28.6 Å². The molecule has 3 N–H and O–H groups in total. The van der Waals surface area contributed by atoms with Crippen molar-refractivity contribution >= 4 is 17.9 Å². The van der Waals surface area contributed by atoms with Crippen LogP contribution in [0.3, 0.4) is 0 Å². The molecule has 0 saturated heterocycles. The van der Waals surface area contributed by atoms with E-state index in [0.29, 0.717) is 19.3 Å². The lowest BCUT2D eigenvalue weighted by atomic mass is 10.0. The molecule has 0 aromatic rings. The molecular weight excluding hydrogens is 757 g/mol. The Morgan fingerprint density at radius 3 is 0.733 bits per heavy atom. The summed E-state index contributed by atoms with van der Waals surface area (Å²) in [6.45, 7) is 5.69. The molecule has 0 bridgehead atoms. The predicted molar refractivity (Wildman–Crippen MR) is 246 cm³/mol. The van der Waals surface area contributed by atoms with E-state index in [1.54, 1.807) is 0 Å². The van der Waals surface area contributed by atoms with Crippen LogP contribution in [0.4, 0.5) is 0 Å². The highest BCUT2D eigenvalue weighted by Gasteiger charge is 2.58. The zero-order chi connectivity index (χ0) is 44.3. The van der Waals surface area contributed by atoms with Gasteiger partial charge in [0.25, 0.3) is 0 Å². The van der Waals surface area contributed by atoms with E-state index in [1.165, 1.54) is 161 Å². The summed E-state index contributed by atoms with van der Waals surface area (Å²) < 4.78 is 16.0. The maximum absolute atomic E-state index is 13.0. The minimum absolute atomic E-state index is 0.0705. The van der Waals surface area contributed by atoms with Gasteiger partial charge < -0.3 is 29.5 Å². The van der Waals surface area contributed by atoms with Gasteiger partial charge in [0.2, 0.25) is 0 Å². The van der Waals surface area contributed by atoms with Gasteiger partial charge in [0.15, 0.2) is 6.61 Å². The molecule has 0 atom stereocenters. The number of rotatable bonds is 47. The lowest BCUT2D eigenvalue weighted by Crippen LogP contribution is -2.62. The van der Waals surface area contributed by atoms with E-state index in [2.05, 4.69) is 20.8 Å². The number of unbranched alkanes of at least 4 members (excludes halogenated alkanes) is 36. The van der Waals surface area contributed by atoms with Gasteiger partial charge in [0.05, 0.1) is 0 Å². The lowest BCUT2D eigenvalue weighted by Gasteiger charge is -2.37. The fraction of sp³-hybridized carbons (Fsp3) is 0.941. The van der Waals surface area contributed by atoms with E-state index < -0.39 is 36.3 Å². The van der Waals surface area contributed by atoms with Crippen LogP contribution in [0.2, 0.25) is 0 Å². The zero-order valence-corrected chi connectivity index (χ0v) is 39.7. The molecule has 0 aliphatic rings. The van der Waals surface area contributed by atoms with Gasteiger partial charge in [-0.3, -0.25) is 14.4 Å². The monoisotopic (exact) mass is 855 g/mol. The molecule has 9 nitrogen and oxygen atoms in total. The van der Waals surface area contributed by atoms with Crippen molar-refractivity contribution < 1.29 is 43.9 Å². The van der Waals surface area contributed by atoms with E-state index in [9.17, 15) is 29.7 Å². The Kier molecular flexibility index (Phi) is 41.4. The Balaban J connectivity index is 4.85. The van der Waals surface area contributed by atoms with Gasteiger partial charge in [0, 0.05) is 19.3 Å². The highest BCUT2D eigenvalue weighted by molar-refractivity contribution is 5.73. The number of hydrogen-bond acceptors (Lipinski definition) is 9. The smallest absolute Gasteiger partial charge is 0.373 e. The highest BCUT2D eigenvalue weighted by atomic mass is 16.8. The summed E-state index contributed by atoms with van der Waals surface area (Å²) in [7, 11) is 0. The Labute approximate surface area is 369 Å². The quantitative estimate of drug-likeness (QED) is 0.0310. The number of esters is 3. The van der Waals surface area contributed by atoms with Gasteiger partial charge in [0.1, 0.15) is 0 Å². The average molecular weight is 855 g/mol. The maximum atomic E-state index is 13.0. The van der Waals surface area contributed by atoms with Crippen LogP contribution < -0.4 is 0 Å². The predicted octanol–water partition coefficient (Wildman–Crippen LogP) is 14.4. The summed E-state index contributed by atoms with van der Waals surface area (Å²) in [5.41, 5.74) is 0. The second-order valence-electron chi connectivity index (χ2n) is 18.0. The third-order valence-corrected chi connectivity index (χ3v) is 11.9. The topological polar surface area (TPSA) is 140 Å². The first kappa shape index (κ1) is 58.3. The van der Waals surface area contributed by atoms with Crippen molar-refractivity contribution in [3.8, 4) is 0 Å². The van der Waals surface area contributed by atoms with Crippen LogP contribution in [0.1, 0.15) is 290 Å². The summed E-state index contributed by atoms with van der Waals surface area (Å²) in [6, 6.07) is 0. The van der Waals surface area contributed by atoms with E-state index in [0.717, 1.165) is 70.6 Å². The molecule has 0 spiro atoms. The Bertz CT molecular complexity index is 919. The van der Waals surface area contributed by atoms with Crippen LogP contribution in [0.25, 0.3) is 0 Å². The molecule has 60 heavy (non-hydrogen) atoms. The van der Waals surface area contributed by atoms with Crippen molar-refractivity contribution in [3.05, 3.63) is 0 Å². The number of hydrogen-bond donors (Lipinski definition) is 3. The van der Waals surface area contributed by atoms with Gasteiger partial charge in [-0.2, -0.15) is 0 Å². The largest absolute Gasteiger partial charge is 0.457 e. The fourth-order valence-corrected chi connectivity index (χ4v) is 7.89. The van der Waals surface area contributed by atoms with Gasteiger partial charge in [-0.15, -0.1) is 0 Å². The highest BCUT2D eigenvalue weighted by Crippen LogP contribution is 2.28. The van der Waals surface area contributed by atoms with Crippen LogP contribution in [0.15, 0.2) is 0 Å². The second kappa shape index (κ2) is 42.6. The van der Waals surface area contributed by atoms with Crippen molar-refractivity contribution in [1.82, 2.24) is 0 Å². The lowest BCUT2D eigenvalue weighted by molar-refractivity contribution is -0.449. The molecule has 0 fully saturated rings. The number of carbonyl (C=O) groups is 3. The van der Waals surface area contributed by atoms with E-state index in [-0.39, 0.29) is 19.3 Å². The zero-order valence-electron chi connectivity index (χ0n) is 39.7. The van der Waals surface area contributed by atoms with E-state index in [1.807, 2.05) is 0 Å². The molecular formula is C51H98O9. The minimum Gasteiger partial charge on any atom is -0.457 e. The first-order valence-corrected chi connectivity index (χ1v) is 25.9. The summed E-state index contributed by atoms with van der Waals surface area (Å²) in [5.74, 6) is -9.20. The molecule has 0 radical (unpaired) electrons. The van der Waals surface area contributed by atoms with Crippen LogP contribution in [0.5, 0.6) is 0 Å². The summed E-state index contributed by atoms with van der Waals surface area (Å²) in [5, 5.41) is 31.4. The van der Waals surface area contributed by atoms with Gasteiger partial charge in [-0.25, -0.2) is 0 Å². The summed E-state index contributed by atoms with van der Waals surface area (Å²) in [6.07, 6.45) is 44.7. The molecule has 0 aromatic carbocycles. The van der Waals surface area contributed by atoms with Crippen molar-refractivity contribution in [2.24, 2.45) is 0 Å². The van der Waals surface area contributed by atoms with Gasteiger partial charge >= 0.3 is 29.7 Å². The van der Waals surface area contributed by atoms with Crippen molar-refractivity contribution in [1.29, 1.82) is 0 Å². The fourth-order valence-electron chi connectivity index (χ4n) is 7.89. The number of carbonyl (C=O) groups excluding carboxylic acids is 3. The Hall–Kier alpha value is -1.71. The maximum Gasteiger partial charge on any atom is 0.373 e. The van der Waals surface area contributed by atoms with E-state index in [4.69, 9.17) is 14.2 Å². The molecule has 356 valence electrons. The average Bonchev–Trinajstić information content (AvgIpc) is 3.21. The Morgan fingerprint density at radius 2 is 0.517 bits per heavy atom. The van der Waals surface area contributed by atoms with Crippen LogP contribution >= 0.6 is 0 Å². The molecule has 0 aliphatic carbocycles. The van der Waals surface area contributed by atoms with Crippen LogP contribution in [-0.4, -0.2) is 51.6 Å². The van der Waals surface area contributed by atoms with Crippen molar-refractivity contribution in [3.63, 3.8) is 0 Å². The second-order valence-corrected chi connectivity index (χ2v) is 18.0. The number of aliphatic hydroxyl groups is 3. The first-order chi connectivity index (χ1) is 29.1. The summed E-state index contributed by atoms with van der Waals surface area (Å²) in [4.78, 5) is 38.8. The molecule has 0 unspecified atom stereocenters. The summed E-state index contributed by atoms with van der Waals surface area (Å²) >= 11 is 0. The van der Waals surface area contributed by atoms with Crippen molar-refractivity contribution in [2.75, 3.05) is 6.61 Å². The normalized spacial score (nSPS) is 11.9. The third kappa shape index (κ3) is 36.9. The minimum atomic E-state index is -3.79. The SMILES string of the molecule is CCCCCCCCCCCCCCCC(=O)OCC(OC(=O)CCCCCCCCCCCCCCC)(OC(=O)CCCCCCCCCCCCCCC)C(O)(O)O. The van der Waals surface area contributed by atoms with Gasteiger partial charge in [-0.05, 0) is 19.3 Å². The third-order valence-electron chi connectivity index (χ3n) is 11.9. The van der Waals surface area contributed by atoms with E-state index >= 15 is 0 Å².